The number of piperazine rings is 1. The SMILES string of the molecule is O=C(c1sc2ccccc2c1Cl)N1CCN(Cc2ccccc2Cl)CC1. The Morgan fingerprint density at radius 3 is 2.38 bits per heavy atom. The minimum absolute atomic E-state index is 0.0357. The first kappa shape index (κ1) is 17.8. The fourth-order valence-corrected chi connectivity index (χ4v) is 4.95. The topological polar surface area (TPSA) is 23.6 Å². The molecule has 0 radical (unpaired) electrons. The van der Waals surface area contributed by atoms with Crippen molar-refractivity contribution in [3.63, 3.8) is 0 Å². The van der Waals surface area contributed by atoms with Gasteiger partial charge in [-0.25, -0.2) is 0 Å². The molecule has 0 unspecified atom stereocenters. The molecule has 1 saturated heterocycles. The maximum Gasteiger partial charge on any atom is 0.265 e. The van der Waals surface area contributed by atoms with E-state index in [1.807, 2.05) is 47.4 Å². The van der Waals surface area contributed by atoms with Crippen molar-refractivity contribution in [3.05, 3.63) is 69.0 Å². The van der Waals surface area contributed by atoms with E-state index in [0.717, 1.165) is 40.3 Å². The Kier molecular flexibility index (Phi) is 5.18. The number of benzene rings is 2. The molecule has 2 aromatic carbocycles. The molecule has 0 spiro atoms. The van der Waals surface area contributed by atoms with Crippen molar-refractivity contribution in [2.24, 2.45) is 0 Å². The zero-order chi connectivity index (χ0) is 18.1. The fraction of sp³-hybridized carbons (Fsp3) is 0.250. The molecular formula is C20H18Cl2N2OS. The largest absolute Gasteiger partial charge is 0.335 e. The van der Waals surface area contributed by atoms with Crippen LogP contribution in [0.25, 0.3) is 10.1 Å². The van der Waals surface area contributed by atoms with E-state index in [9.17, 15) is 4.79 Å². The van der Waals surface area contributed by atoms with Crippen LogP contribution in [0.1, 0.15) is 15.2 Å². The molecule has 1 aromatic heterocycles. The van der Waals surface area contributed by atoms with Crippen molar-refractivity contribution < 1.29 is 4.79 Å². The number of carbonyl (C=O) groups excluding carboxylic acids is 1. The Morgan fingerprint density at radius 1 is 0.962 bits per heavy atom. The number of fused-ring (bicyclic) bond motifs is 1. The first-order valence-corrected chi connectivity index (χ1v) is 10.1. The van der Waals surface area contributed by atoms with E-state index < -0.39 is 0 Å². The van der Waals surface area contributed by atoms with Gasteiger partial charge in [-0.05, 0) is 17.7 Å². The highest BCUT2D eigenvalue weighted by Gasteiger charge is 2.26. The number of nitrogens with zero attached hydrogens (tertiary/aromatic N) is 2. The van der Waals surface area contributed by atoms with Crippen LogP contribution in [-0.2, 0) is 6.54 Å². The van der Waals surface area contributed by atoms with Crippen molar-refractivity contribution in [1.29, 1.82) is 0 Å². The van der Waals surface area contributed by atoms with Gasteiger partial charge in [-0.2, -0.15) is 0 Å². The highest BCUT2D eigenvalue weighted by molar-refractivity contribution is 7.21. The third-order valence-electron chi connectivity index (χ3n) is 4.74. The second-order valence-electron chi connectivity index (χ2n) is 6.40. The van der Waals surface area contributed by atoms with Gasteiger partial charge in [0.1, 0.15) is 4.88 Å². The van der Waals surface area contributed by atoms with Crippen molar-refractivity contribution >= 4 is 50.5 Å². The van der Waals surface area contributed by atoms with Crippen LogP contribution in [0.3, 0.4) is 0 Å². The standard InChI is InChI=1S/C20H18Cl2N2OS/c21-16-7-3-1-5-14(16)13-23-9-11-24(12-10-23)20(25)19-18(22)15-6-2-4-8-17(15)26-19/h1-8H,9-13H2. The average Bonchev–Trinajstić information content (AvgIpc) is 3.01. The number of hydrogen-bond acceptors (Lipinski definition) is 3. The lowest BCUT2D eigenvalue weighted by atomic mass is 10.2. The molecule has 26 heavy (non-hydrogen) atoms. The molecule has 1 aliphatic rings. The van der Waals surface area contributed by atoms with E-state index in [1.54, 1.807) is 0 Å². The Morgan fingerprint density at radius 2 is 1.65 bits per heavy atom. The number of halogens is 2. The van der Waals surface area contributed by atoms with Gasteiger partial charge in [0, 0.05) is 47.8 Å². The summed E-state index contributed by atoms with van der Waals surface area (Å²) in [5, 5.41) is 2.33. The van der Waals surface area contributed by atoms with E-state index in [-0.39, 0.29) is 5.91 Å². The summed E-state index contributed by atoms with van der Waals surface area (Å²) in [6.07, 6.45) is 0. The number of amides is 1. The summed E-state index contributed by atoms with van der Waals surface area (Å²) in [4.78, 5) is 17.8. The first-order valence-electron chi connectivity index (χ1n) is 8.55. The predicted molar refractivity (Wildman–Crippen MR) is 109 cm³/mol. The van der Waals surface area contributed by atoms with Gasteiger partial charge in [-0.15, -0.1) is 11.3 Å². The van der Waals surface area contributed by atoms with E-state index in [0.29, 0.717) is 23.0 Å². The van der Waals surface area contributed by atoms with Gasteiger partial charge >= 0.3 is 0 Å². The quantitative estimate of drug-likeness (QED) is 0.601. The molecule has 1 amide bonds. The van der Waals surface area contributed by atoms with Gasteiger partial charge in [-0.1, -0.05) is 59.6 Å². The number of carbonyl (C=O) groups is 1. The highest BCUT2D eigenvalue weighted by Crippen LogP contribution is 2.36. The fourth-order valence-electron chi connectivity index (χ4n) is 3.27. The third kappa shape index (κ3) is 3.47. The molecule has 3 aromatic rings. The second-order valence-corrected chi connectivity index (χ2v) is 8.24. The van der Waals surface area contributed by atoms with Gasteiger partial charge in [0.25, 0.3) is 5.91 Å². The van der Waals surface area contributed by atoms with Gasteiger partial charge in [0.15, 0.2) is 0 Å². The number of hydrogen-bond donors (Lipinski definition) is 0. The molecule has 2 heterocycles. The van der Waals surface area contributed by atoms with E-state index in [2.05, 4.69) is 11.0 Å². The van der Waals surface area contributed by atoms with Crippen LogP contribution in [-0.4, -0.2) is 41.9 Å². The lowest BCUT2D eigenvalue weighted by Crippen LogP contribution is -2.48. The molecule has 0 atom stereocenters. The molecular weight excluding hydrogens is 387 g/mol. The van der Waals surface area contributed by atoms with Crippen molar-refractivity contribution in [2.75, 3.05) is 26.2 Å². The lowest BCUT2D eigenvalue weighted by molar-refractivity contribution is 0.0633. The summed E-state index contributed by atoms with van der Waals surface area (Å²) in [6, 6.07) is 15.8. The second kappa shape index (κ2) is 7.57. The van der Waals surface area contributed by atoms with Crippen LogP contribution in [0.4, 0.5) is 0 Å². The van der Waals surface area contributed by atoms with Gasteiger partial charge in [-0.3, -0.25) is 9.69 Å². The monoisotopic (exact) mass is 404 g/mol. The van der Waals surface area contributed by atoms with Gasteiger partial charge in [0.05, 0.1) is 5.02 Å². The molecule has 0 aliphatic carbocycles. The highest BCUT2D eigenvalue weighted by atomic mass is 35.5. The molecule has 1 fully saturated rings. The van der Waals surface area contributed by atoms with Gasteiger partial charge < -0.3 is 4.90 Å². The van der Waals surface area contributed by atoms with Crippen molar-refractivity contribution in [3.8, 4) is 0 Å². The maximum atomic E-state index is 12.9. The van der Waals surface area contributed by atoms with Gasteiger partial charge in [0.2, 0.25) is 0 Å². The van der Waals surface area contributed by atoms with Crippen molar-refractivity contribution in [2.45, 2.75) is 6.54 Å². The maximum absolute atomic E-state index is 12.9. The lowest BCUT2D eigenvalue weighted by Gasteiger charge is -2.34. The number of thiophene rings is 1. The molecule has 3 nitrogen and oxygen atoms in total. The summed E-state index contributed by atoms with van der Waals surface area (Å²) in [6.45, 7) is 3.88. The first-order chi connectivity index (χ1) is 12.6. The smallest absolute Gasteiger partial charge is 0.265 e. The third-order valence-corrected chi connectivity index (χ3v) is 6.77. The summed E-state index contributed by atoms with van der Waals surface area (Å²) in [5.74, 6) is 0.0357. The Hall–Kier alpha value is -1.59. The molecule has 0 N–H and O–H groups in total. The molecule has 0 bridgehead atoms. The predicted octanol–water partition coefficient (Wildman–Crippen LogP) is 5.17. The zero-order valence-corrected chi connectivity index (χ0v) is 16.4. The summed E-state index contributed by atoms with van der Waals surface area (Å²) in [7, 11) is 0. The normalized spacial score (nSPS) is 15.5. The molecule has 6 heteroatoms. The van der Waals surface area contributed by atoms with Crippen LogP contribution in [0.2, 0.25) is 10.0 Å². The zero-order valence-electron chi connectivity index (χ0n) is 14.1. The van der Waals surface area contributed by atoms with Crippen LogP contribution < -0.4 is 0 Å². The van der Waals surface area contributed by atoms with Crippen LogP contribution in [0.5, 0.6) is 0 Å². The number of rotatable bonds is 3. The molecule has 4 rings (SSSR count). The minimum atomic E-state index is 0.0357. The molecule has 0 saturated carbocycles. The summed E-state index contributed by atoms with van der Waals surface area (Å²) in [5.41, 5.74) is 1.13. The Bertz CT molecular complexity index is 948. The van der Waals surface area contributed by atoms with E-state index in [4.69, 9.17) is 23.2 Å². The minimum Gasteiger partial charge on any atom is -0.335 e. The van der Waals surface area contributed by atoms with Crippen LogP contribution in [0, 0.1) is 0 Å². The summed E-state index contributed by atoms with van der Waals surface area (Å²) >= 11 is 14.2. The van der Waals surface area contributed by atoms with E-state index in [1.165, 1.54) is 11.3 Å². The van der Waals surface area contributed by atoms with Crippen LogP contribution >= 0.6 is 34.5 Å². The average molecular weight is 405 g/mol. The Balaban J connectivity index is 1.43. The van der Waals surface area contributed by atoms with E-state index >= 15 is 0 Å². The molecule has 1 aliphatic heterocycles. The molecule has 134 valence electrons. The Labute approximate surface area is 166 Å². The summed E-state index contributed by atoms with van der Waals surface area (Å²) < 4.78 is 1.05. The van der Waals surface area contributed by atoms with Crippen molar-refractivity contribution in [1.82, 2.24) is 9.80 Å². The van der Waals surface area contributed by atoms with Crippen LogP contribution in [0.15, 0.2) is 48.5 Å².